The number of rotatable bonds is 10. The Hall–Kier alpha value is -5.56. The van der Waals surface area contributed by atoms with Crippen LogP contribution in [0.3, 0.4) is 0 Å². The number of ether oxygens (including phenoxy) is 2. The Morgan fingerprint density at radius 1 is 0.701 bits per heavy atom. The highest BCUT2D eigenvalue weighted by Crippen LogP contribution is 2.34. The van der Waals surface area contributed by atoms with Gasteiger partial charge in [0, 0.05) is 52.4 Å². The van der Waals surface area contributed by atoms with Crippen molar-refractivity contribution < 1.29 is 60.0 Å². The molecule has 0 spiro atoms. The number of fused-ring (bicyclic) bond motifs is 2. The topological polar surface area (TPSA) is 243 Å². The van der Waals surface area contributed by atoms with Crippen LogP contribution in [-0.4, -0.2) is 144 Å². The first-order valence-electron chi connectivity index (χ1n) is 21.5. The molecule has 0 aromatic heterocycles. The van der Waals surface area contributed by atoms with E-state index in [9.17, 15) is 50.5 Å². The molecule has 4 fully saturated rings. The van der Waals surface area contributed by atoms with Crippen LogP contribution in [0.4, 0.5) is 8.78 Å². The van der Waals surface area contributed by atoms with E-state index in [1.807, 2.05) is 0 Å². The fraction of sp³-hybridized carbons (Fsp3) is 0.455. The van der Waals surface area contributed by atoms with E-state index in [2.05, 4.69) is 33.8 Å². The number of benzene rings is 2. The average molecular weight is 973 g/mol. The molecule has 6 heterocycles. The molecular formula is C44H54F2N8O11S2. The molecule has 0 unspecified atom stereocenters. The molecule has 362 valence electrons. The van der Waals surface area contributed by atoms with Crippen LogP contribution in [0.5, 0.6) is 0 Å². The Bertz CT molecular complexity index is 2740. The van der Waals surface area contributed by atoms with Gasteiger partial charge in [-0.1, -0.05) is 25.3 Å². The molecule has 2 amide bonds. The lowest BCUT2D eigenvalue weighted by Gasteiger charge is -2.43. The minimum Gasteiger partial charge on any atom is -0.504 e. The summed E-state index contributed by atoms with van der Waals surface area (Å²) in [5.41, 5.74) is -1.25. The number of hydrogen-bond acceptors (Lipinski definition) is 15. The Morgan fingerprint density at radius 3 is 1.46 bits per heavy atom. The van der Waals surface area contributed by atoms with Gasteiger partial charge in [-0.25, -0.2) is 35.6 Å². The molecule has 19 nitrogen and oxygen atoms in total. The van der Waals surface area contributed by atoms with E-state index in [4.69, 9.17) is 9.47 Å². The molecule has 0 radical (unpaired) electrons. The van der Waals surface area contributed by atoms with Gasteiger partial charge in [0.05, 0.1) is 40.5 Å². The number of morpholine rings is 2. The molecular weight excluding hydrogens is 919 g/mol. The Morgan fingerprint density at radius 2 is 1.09 bits per heavy atom. The number of aliphatic hydroxyl groups excluding tert-OH is 3. The number of carbonyl (C=O) groups excluding carboxylic acids is 2. The standard InChI is InChI=1S/C23H29FN4O6S.C21H25FN4O5S/c1-14-20(30)19(26-22-23(2,3)34-11-10-28(14)22)21(31)25-13-15-4-5-16(24)12-18(15)35(32,33)27-8-6-17(29)7-9-27;1-13-18(27)17(24-20-21(2,3)31-10-9-26(13)20)19(28)23-12-14-5-6-15(22)11-16(14)32(29,30)25-7-4-8-25/h4-5,12,17,29-30H,1,6-11,13H2,2-3H3,(H,25,31);5-6,11,27H,1,4,7-10,12H2,2-3H3,(H,23,28). The summed E-state index contributed by atoms with van der Waals surface area (Å²) in [7, 11) is -7.92. The number of aliphatic imine (C=N–C) groups is 2. The van der Waals surface area contributed by atoms with E-state index in [0.29, 0.717) is 51.1 Å². The third-order valence-electron chi connectivity index (χ3n) is 12.1. The lowest BCUT2D eigenvalue weighted by molar-refractivity contribution is -0.118. The minimum atomic E-state index is -4.06. The predicted octanol–water partition coefficient (Wildman–Crippen LogP) is 3.04. The third kappa shape index (κ3) is 9.89. The second-order valence-electron chi connectivity index (χ2n) is 17.4. The number of amidine groups is 2. The third-order valence-corrected chi connectivity index (χ3v) is 16.0. The number of sulfonamides is 2. The summed E-state index contributed by atoms with van der Waals surface area (Å²) in [4.78, 5) is 37.4. The van der Waals surface area contributed by atoms with E-state index < -0.39 is 60.8 Å². The zero-order valence-electron chi connectivity index (χ0n) is 37.5. The predicted molar refractivity (Wildman–Crippen MR) is 240 cm³/mol. The van der Waals surface area contributed by atoms with Gasteiger partial charge >= 0.3 is 0 Å². The van der Waals surface area contributed by atoms with Crippen molar-refractivity contribution in [3.05, 3.63) is 107 Å². The summed E-state index contributed by atoms with van der Waals surface area (Å²) in [6.07, 6.45) is 0.746. The van der Waals surface area contributed by atoms with E-state index in [1.165, 1.54) is 20.7 Å². The minimum absolute atomic E-state index is 0.112. The van der Waals surface area contributed by atoms with Crippen LogP contribution < -0.4 is 10.6 Å². The quantitative estimate of drug-likeness (QED) is 0.230. The number of nitrogens with one attached hydrogen (secondary N) is 2. The summed E-state index contributed by atoms with van der Waals surface area (Å²) < 4.78 is 93.8. The Labute approximate surface area is 387 Å². The highest BCUT2D eigenvalue weighted by atomic mass is 32.2. The summed E-state index contributed by atoms with van der Waals surface area (Å²) in [5, 5.41) is 36.0. The van der Waals surface area contributed by atoms with E-state index >= 15 is 0 Å². The fourth-order valence-corrected chi connectivity index (χ4v) is 11.5. The molecule has 23 heteroatoms. The highest BCUT2D eigenvalue weighted by Gasteiger charge is 2.43. The molecule has 0 bridgehead atoms. The summed E-state index contributed by atoms with van der Waals surface area (Å²) >= 11 is 0. The summed E-state index contributed by atoms with van der Waals surface area (Å²) in [6, 6.07) is 6.73. The molecule has 2 aromatic rings. The summed E-state index contributed by atoms with van der Waals surface area (Å²) in [5.74, 6) is -2.76. The van der Waals surface area contributed by atoms with Crippen LogP contribution in [0, 0.1) is 11.6 Å². The maximum atomic E-state index is 14.0. The lowest BCUT2D eigenvalue weighted by atomic mass is 10.0. The SMILES string of the molecule is C=C1C(O)=C(C(=O)NCc2ccc(F)cc2S(=O)(=O)N2CCC(O)CC2)N=C2N1CCOC2(C)C.C=C1C(O)=C(C(=O)NCc2ccc(F)cc2S(=O)(=O)N2CCC2)N=C2N1CCOC2(C)C. The van der Waals surface area contributed by atoms with Gasteiger partial charge in [-0.2, -0.15) is 8.61 Å². The number of piperidine rings is 1. The van der Waals surface area contributed by atoms with Crippen molar-refractivity contribution in [1.82, 2.24) is 29.0 Å². The molecule has 0 atom stereocenters. The van der Waals surface area contributed by atoms with Gasteiger partial charge in [0.15, 0.2) is 22.9 Å². The molecule has 0 aliphatic carbocycles. The molecule has 0 saturated carbocycles. The van der Waals surface area contributed by atoms with Gasteiger partial charge in [0.1, 0.15) is 34.5 Å². The van der Waals surface area contributed by atoms with Gasteiger partial charge in [0.2, 0.25) is 20.0 Å². The van der Waals surface area contributed by atoms with Crippen molar-refractivity contribution in [2.24, 2.45) is 9.98 Å². The van der Waals surface area contributed by atoms with Crippen molar-refractivity contribution in [2.45, 2.75) is 87.1 Å². The molecule has 6 aliphatic rings. The van der Waals surface area contributed by atoms with Crippen LogP contribution in [0.1, 0.15) is 58.1 Å². The number of carbonyl (C=O) groups is 2. The number of hydrogen-bond donors (Lipinski definition) is 5. The van der Waals surface area contributed by atoms with Crippen molar-refractivity contribution in [1.29, 1.82) is 0 Å². The van der Waals surface area contributed by atoms with Gasteiger partial charge in [-0.15, -0.1) is 0 Å². The van der Waals surface area contributed by atoms with Gasteiger partial charge < -0.3 is 45.2 Å². The highest BCUT2D eigenvalue weighted by molar-refractivity contribution is 7.89. The van der Waals surface area contributed by atoms with Gasteiger partial charge in [-0.3, -0.25) is 9.59 Å². The number of aliphatic hydroxyl groups is 3. The zero-order chi connectivity index (χ0) is 48.8. The molecule has 5 N–H and O–H groups in total. The van der Waals surface area contributed by atoms with Crippen molar-refractivity contribution in [3.63, 3.8) is 0 Å². The Balaban J connectivity index is 0.000000200. The first-order valence-corrected chi connectivity index (χ1v) is 24.4. The molecule has 8 rings (SSSR count). The molecule has 6 aliphatic heterocycles. The first-order chi connectivity index (χ1) is 31.4. The second-order valence-corrected chi connectivity index (χ2v) is 21.3. The van der Waals surface area contributed by atoms with E-state index in [1.54, 1.807) is 37.5 Å². The first kappa shape index (κ1) is 49.3. The van der Waals surface area contributed by atoms with Crippen LogP contribution >= 0.6 is 0 Å². The molecule has 67 heavy (non-hydrogen) atoms. The van der Waals surface area contributed by atoms with Gasteiger partial charge in [-0.05, 0) is 82.3 Å². The van der Waals surface area contributed by atoms with Crippen LogP contribution in [0.15, 0.2) is 104 Å². The number of halogens is 2. The molecule has 4 saturated heterocycles. The van der Waals surface area contributed by atoms with Crippen LogP contribution in [0.2, 0.25) is 0 Å². The molecule has 2 aromatic carbocycles. The summed E-state index contributed by atoms with van der Waals surface area (Å²) in [6.45, 7) is 17.1. The van der Waals surface area contributed by atoms with Crippen molar-refractivity contribution in [2.75, 3.05) is 52.5 Å². The fourth-order valence-electron chi connectivity index (χ4n) is 8.09. The van der Waals surface area contributed by atoms with E-state index in [-0.39, 0.29) is 94.2 Å². The van der Waals surface area contributed by atoms with Crippen LogP contribution in [-0.2, 0) is 52.2 Å². The Kier molecular flexibility index (Phi) is 13.9. The van der Waals surface area contributed by atoms with E-state index in [0.717, 1.165) is 30.7 Å². The average Bonchev–Trinajstić information content (AvgIpc) is 3.24. The smallest absolute Gasteiger partial charge is 0.274 e. The zero-order valence-corrected chi connectivity index (χ0v) is 39.1. The van der Waals surface area contributed by atoms with Crippen LogP contribution in [0.25, 0.3) is 0 Å². The maximum absolute atomic E-state index is 14.0. The second kappa shape index (κ2) is 18.8. The maximum Gasteiger partial charge on any atom is 0.274 e. The lowest BCUT2D eigenvalue weighted by Crippen LogP contribution is -2.54. The van der Waals surface area contributed by atoms with Gasteiger partial charge in [0.25, 0.3) is 11.8 Å². The van der Waals surface area contributed by atoms with Crippen molar-refractivity contribution in [3.8, 4) is 0 Å². The van der Waals surface area contributed by atoms with Crippen molar-refractivity contribution >= 4 is 43.5 Å². The number of amides is 2. The normalized spacial score (nSPS) is 21.3. The number of nitrogens with zero attached hydrogens (tertiary/aromatic N) is 6. The monoisotopic (exact) mass is 972 g/mol. The largest absolute Gasteiger partial charge is 0.504 e.